The molecule has 9 rings (SSSR count). The number of fused-ring (bicyclic) bond motifs is 1. The van der Waals surface area contributed by atoms with E-state index < -0.39 is 27.6 Å². The van der Waals surface area contributed by atoms with Gasteiger partial charge in [0.15, 0.2) is 5.75 Å². The number of amides is 1. The number of nitrogens with zero attached hydrogens (tertiary/aromatic N) is 3. The maximum absolute atomic E-state index is 14.8. The minimum absolute atomic E-state index is 0.0199. The zero-order chi connectivity index (χ0) is 46.7. The number of sulfonamides is 1. The second kappa shape index (κ2) is 19.7. The number of pyridine rings is 1. The highest BCUT2D eigenvalue weighted by molar-refractivity contribution is 7.90. The third kappa shape index (κ3) is 10.8. The molecule has 2 aliphatic heterocycles. The first-order chi connectivity index (χ1) is 32.3. The third-order valence-corrected chi connectivity index (χ3v) is 14.6. The van der Waals surface area contributed by atoms with Crippen LogP contribution < -0.4 is 30.5 Å². The molecule has 5 N–H and O–H groups in total. The number of nitrogens with two attached hydrogens (primary N) is 1. The van der Waals surface area contributed by atoms with Crippen LogP contribution >= 0.6 is 11.3 Å². The van der Waals surface area contributed by atoms with Gasteiger partial charge in [-0.25, -0.2) is 26.9 Å². The lowest BCUT2D eigenvalue weighted by Crippen LogP contribution is -2.47. The van der Waals surface area contributed by atoms with Crippen molar-refractivity contribution in [3.63, 3.8) is 0 Å². The number of aromatic amines is 1. The van der Waals surface area contributed by atoms with Gasteiger partial charge in [-0.2, -0.15) is 5.90 Å². The Balaban J connectivity index is 0.921. The number of hydrogen-bond donors (Lipinski definition) is 4. The highest BCUT2D eigenvalue weighted by atomic mass is 32.2. The number of thiophene rings is 1. The van der Waals surface area contributed by atoms with E-state index in [4.69, 9.17) is 25.0 Å². The third-order valence-electron chi connectivity index (χ3n) is 12.3. The summed E-state index contributed by atoms with van der Waals surface area (Å²) in [6, 6.07) is 18.4. The molecule has 1 amide bonds. The Morgan fingerprint density at radius 2 is 1.87 bits per heavy atom. The van der Waals surface area contributed by atoms with Gasteiger partial charge in [-0.05, 0) is 95.8 Å². The van der Waals surface area contributed by atoms with Gasteiger partial charge in [-0.15, -0.1) is 11.3 Å². The van der Waals surface area contributed by atoms with Crippen LogP contribution in [-0.2, 0) is 24.5 Å². The fourth-order valence-corrected chi connectivity index (χ4v) is 10.7. The Kier molecular flexibility index (Phi) is 13.6. The molecule has 2 saturated heterocycles. The average Bonchev–Trinajstić information content (AvgIpc) is 4.00. The van der Waals surface area contributed by atoms with Crippen LogP contribution in [0.2, 0.25) is 0 Å². The van der Waals surface area contributed by atoms with Crippen LogP contribution in [0.4, 0.5) is 20.2 Å². The highest BCUT2D eigenvalue weighted by Crippen LogP contribution is 2.46. The van der Waals surface area contributed by atoms with Gasteiger partial charge in [0.25, 0.3) is 15.9 Å². The number of piperazine rings is 1. The number of halogens is 2. The summed E-state index contributed by atoms with van der Waals surface area (Å²) >= 11 is 1.60. The molecule has 352 valence electrons. The van der Waals surface area contributed by atoms with Crippen LogP contribution in [0.3, 0.4) is 0 Å². The number of rotatable bonds is 15. The van der Waals surface area contributed by atoms with Crippen molar-refractivity contribution in [2.45, 2.75) is 44.1 Å². The zero-order valence-corrected chi connectivity index (χ0v) is 38.6. The molecule has 3 aromatic heterocycles. The van der Waals surface area contributed by atoms with Crippen LogP contribution in [0.5, 0.6) is 17.2 Å². The summed E-state index contributed by atoms with van der Waals surface area (Å²) in [4.78, 5) is 36.4. The lowest BCUT2D eigenvalue weighted by molar-refractivity contribution is -0.211. The molecule has 15 nitrogen and oxygen atoms in total. The number of hydrogen-bond acceptors (Lipinski definition) is 14. The van der Waals surface area contributed by atoms with Crippen molar-refractivity contribution in [2.75, 3.05) is 69.3 Å². The van der Waals surface area contributed by atoms with Crippen molar-refractivity contribution < 1.29 is 46.1 Å². The normalized spacial score (nSPS) is 18.0. The van der Waals surface area contributed by atoms with Crippen molar-refractivity contribution in [1.82, 2.24) is 19.6 Å². The summed E-state index contributed by atoms with van der Waals surface area (Å²) in [5.74, 6) is 3.55. The van der Waals surface area contributed by atoms with Gasteiger partial charge in [0.05, 0.1) is 48.3 Å². The molecule has 0 spiro atoms. The summed E-state index contributed by atoms with van der Waals surface area (Å²) in [5.41, 5.74) is 5.72. The molecular weight excluding hydrogens is 905 g/mol. The molecule has 2 fully saturated rings. The van der Waals surface area contributed by atoms with E-state index in [9.17, 15) is 22.0 Å². The fraction of sp³-hybridized carbons (Fsp3) is 0.333. The molecular formula is C48H51F2N7O8S2. The quantitative estimate of drug-likeness (QED) is 0.0571. The summed E-state index contributed by atoms with van der Waals surface area (Å²) in [6.07, 6.45) is 5.97. The Morgan fingerprint density at radius 3 is 2.66 bits per heavy atom. The summed E-state index contributed by atoms with van der Waals surface area (Å²) in [7, 11) is -4.47. The van der Waals surface area contributed by atoms with E-state index >= 15 is 0 Å². The van der Waals surface area contributed by atoms with E-state index in [2.05, 4.69) is 48.6 Å². The Bertz CT molecular complexity index is 2910. The standard InChI is InChI=1S/C48H51F2N7O8S2/c1-48(2)11-9-31(40(24-48)45-20-32(29-66-45)38-6-3-33(49)21-41(38)50)27-56-13-15-57(16-14-56)34-4-7-39(43(22-34)63-35-19-30-10-12-52-46(30)54-25-35)47(58)55-67(59,60)37-5-8-42(44(23-37)64-65-51)53-26-36-28-61-17-18-62-36/h3-8,10,12,19-23,25,29,36,53H,9,11,13-18,24,26-28,51H2,1-2H3,(H,52,54)(H,55,58)/t36-/m0/s1. The number of carbonyl (C=O) groups is 1. The molecule has 0 saturated carbocycles. The molecule has 0 radical (unpaired) electrons. The van der Waals surface area contributed by atoms with Crippen LogP contribution in [0, 0.1) is 17.0 Å². The van der Waals surface area contributed by atoms with E-state index in [0.717, 1.165) is 66.5 Å². The second-order valence-electron chi connectivity index (χ2n) is 17.6. The first-order valence-corrected chi connectivity index (χ1v) is 24.3. The maximum Gasteiger partial charge on any atom is 0.268 e. The molecule has 0 unspecified atom stereocenters. The van der Waals surface area contributed by atoms with E-state index in [-0.39, 0.29) is 33.5 Å². The molecule has 3 aromatic carbocycles. The SMILES string of the molecule is CC1(C)CCC(CN2CCN(c3ccc(C(=O)NS(=O)(=O)c4ccc(NC[C@H]5COCCO5)c(OON)c4)c(Oc4cnc5[nH]ccc5c4)c3)CC2)=C(c2cc(-c3ccc(F)cc3F)cs2)C1. The minimum Gasteiger partial charge on any atom is -0.455 e. The second-order valence-corrected chi connectivity index (χ2v) is 20.2. The van der Waals surface area contributed by atoms with Crippen molar-refractivity contribution in [2.24, 2.45) is 11.3 Å². The average molecular weight is 956 g/mol. The lowest BCUT2D eigenvalue weighted by atomic mass is 9.73. The topological polar surface area (TPSA) is 183 Å². The van der Waals surface area contributed by atoms with Gasteiger partial charge in [0, 0.05) is 85.2 Å². The molecule has 5 heterocycles. The largest absolute Gasteiger partial charge is 0.455 e. The van der Waals surface area contributed by atoms with Crippen molar-refractivity contribution in [3.05, 3.63) is 118 Å². The maximum atomic E-state index is 14.8. The zero-order valence-electron chi connectivity index (χ0n) is 37.0. The highest BCUT2D eigenvalue weighted by Gasteiger charge is 2.31. The summed E-state index contributed by atoms with van der Waals surface area (Å²) < 4.78 is 75.6. The molecule has 1 atom stereocenters. The van der Waals surface area contributed by atoms with E-state index in [1.165, 1.54) is 47.7 Å². The number of H-pyrrole nitrogens is 1. The van der Waals surface area contributed by atoms with Crippen molar-refractivity contribution in [3.8, 4) is 28.4 Å². The summed E-state index contributed by atoms with van der Waals surface area (Å²) in [5, 5.41) is 5.86. The fourth-order valence-electron chi connectivity index (χ4n) is 8.69. The van der Waals surface area contributed by atoms with Crippen LogP contribution in [-0.4, -0.2) is 94.4 Å². The Hall–Kier alpha value is -5.93. The van der Waals surface area contributed by atoms with E-state index in [0.29, 0.717) is 62.1 Å². The smallest absolute Gasteiger partial charge is 0.268 e. The van der Waals surface area contributed by atoms with Crippen molar-refractivity contribution in [1.29, 1.82) is 0 Å². The lowest BCUT2D eigenvalue weighted by Gasteiger charge is -2.39. The monoisotopic (exact) mass is 955 g/mol. The predicted molar refractivity (Wildman–Crippen MR) is 252 cm³/mol. The molecule has 67 heavy (non-hydrogen) atoms. The van der Waals surface area contributed by atoms with Crippen LogP contribution in [0.1, 0.15) is 48.3 Å². The Morgan fingerprint density at radius 1 is 1.01 bits per heavy atom. The Labute approximate surface area is 390 Å². The molecule has 1 aliphatic carbocycles. The number of ether oxygens (including phenoxy) is 3. The first kappa shape index (κ1) is 46.2. The van der Waals surface area contributed by atoms with Gasteiger partial charge < -0.3 is 34.3 Å². The number of anilines is 2. The first-order valence-electron chi connectivity index (χ1n) is 22.0. The van der Waals surface area contributed by atoms with Gasteiger partial charge in [-0.1, -0.05) is 24.4 Å². The number of aromatic nitrogens is 2. The van der Waals surface area contributed by atoms with Crippen molar-refractivity contribution >= 4 is 55.2 Å². The van der Waals surface area contributed by atoms with Gasteiger partial charge in [-0.3, -0.25) is 9.69 Å². The number of nitrogens with one attached hydrogen (secondary N) is 3. The van der Waals surface area contributed by atoms with Crippen LogP contribution in [0.25, 0.3) is 27.7 Å². The number of allylic oxidation sites excluding steroid dienone is 1. The number of benzene rings is 3. The predicted octanol–water partition coefficient (Wildman–Crippen LogP) is 8.28. The van der Waals surface area contributed by atoms with E-state index in [1.54, 1.807) is 41.8 Å². The molecule has 6 aromatic rings. The molecule has 19 heteroatoms. The summed E-state index contributed by atoms with van der Waals surface area (Å²) in [6.45, 7) is 9.94. The minimum atomic E-state index is -4.47. The molecule has 0 bridgehead atoms. The van der Waals surface area contributed by atoms with E-state index in [1.807, 2.05) is 17.5 Å². The van der Waals surface area contributed by atoms with Gasteiger partial charge in [0.2, 0.25) is 0 Å². The molecule has 3 aliphatic rings. The van der Waals surface area contributed by atoms with Crippen LogP contribution in [0.15, 0.2) is 101 Å². The number of carbonyl (C=O) groups excluding carboxylic acids is 1. The van der Waals surface area contributed by atoms with Gasteiger partial charge >= 0.3 is 0 Å². The van der Waals surface area contributed by atoms with Gasteiger partial charge in [0.1, 0.15) is 28.8 Å².